The fourth-order valence-electron chi connectivity index (χ4n) is 1.41. The molecule has 1 aliphatic rings. The number of furan rings is 1. The molecule has 1 aliphatic carbocycles. The zero-order valence-electron chi connectivity index (χ0n) is 8.91. The fourth-order valence-corrected chi connectivity index (χ4v) is 1.41. The number of aryl methyl sites for hydroxylation is 1. The van der Waals surface area contributed by atoms with Gasteiger partial charge in [0.05, 0.1) is 11.8 Å². The first-order valence-corrected chi connectivity index (χ1v) is 5.07. The molecule has 1 aromatic rings. The predicted octanol–water partition coefficient (Wildman–Crippen LogP) is 2.10. The predicted molar refractivity (Wildman–Crippen MR) is 56.7 cm³/mol. The lowest BCUT2D eigenvalue weighted by Crippen LogP contribution is -2.19. The molecule has 80 valence electrons. The number of hydrogen-bond acceptors (Lipinski definition) is 3. The van der Waals surface area contributed by atoms with Crippen molar-refractivity contribution in [3.63, 3.8) is 0 Å². The second kappa shape index (κ2) is 3.88. The van der Waals surface area contributed by atoms with E-state index in [9.17, 15) is 4.79 Å². The number of nitrogens with zero attached hydrogens (tertiary/aromatic N) is 1. The number of carbonyl (C=O) groups is 1. The van der Waals surface area contributed by atoms with Gasteiger partial charge in [0.1, 0.15) is 5.76 Å². The number of hydrazone groups is 1. The summed E-state index contributed by atoms with van der Waals surface area (Å²) in [6, 6.07) is 1.65. The third kappa shape index (κ3) is 2.26. The van der Waals surface area contributed by atoms with Gasteiger partial charge in [0.25, 0.3) is 5.91 Å². The fraction of sp³-hybridized carbons (Fsp3) is 0.455. The van der Waals surface area contributed by atoms with Gasteiger partial charge < -0.3 is 4.42 Å². The monoisotopic (exact) mass is 206 g/mol. The molecule has 1 fully saturated rings. The van der Waals surface area contributed by atoms with E-state index < -0.39 is 0 Å². The molecule has 4 nitrogen and oxygen atoms in total. The quantitative estimate of drug-likeness (QED) is 0.608. The Morgan fingerprint density at radius 1 is 1.60 bits per heavy atom. The van der Waals surface area contributed by atoms with Gasteiger partial charge in [0.15, 0.2) is 0 Å². The van der Waals surface area contributed by atoms with Crippen LogP contribution in [0.2, 0.25) is 0 Å². The number of rotatable bonds is 3. The van der Waals surface area contributed by atoms with Crippen LogP contribution < -0.4 is 5.43 Å². The molecule has 0 saturated heterocycles. The number of carbonyl (C=O) groups excluding carboxylic acids is 1. The van der Waals surface area contributed by atoms with Crippen LogP contribution in [-0.4, -0.2) is 11.6 Å². The molecule has 1 aromatic heterocycles. The standard InChI is InChI=1S/C11H14N2O2/c1-7(9-3-4-9)12-13-11(14)10-5-6-15-8(10)2/h5-6,9H,3-4H2,1-2H3,(H,13,14)/b12-7+. The van der Waals surface area contributed by atoms with Crippen molar-refractivity contribution in [2.24, 2.45) is 11.0 Å². The lowest BCUT2D eigenvalue weighted by molar-refractivity contribution is 0.0953. The van der Waals surface area contributed by atoms with Crippen LogP contribution in [0, 0.1) is 12.8 Å². The highest BCUT2D eigenvalue weighted by Gasteiger charge is 2.24. The van der Waals surface area contributed by atoms with E-state index in [0.717, 1.165) is 5.71 Å². The molecule has 1 N–H and O–H groups in total. The second-order valence-corrected chi connectivity index (χ2v) is 3.86. The van der Waals surface area contributed by atoms with Gasteiger partial charge in [-0.3, -0.25) is 4.79 Å². The summed E-state index contributed by atoms with van der Waals surface area (Å²) in [5, 5.41) is 4.06. The van der Waals surface area contributed by atoms with E-state index in [0.29, 0.717) is 17.2 Å². The molecule has 0 bridgehead atoms. The van der Waals surface area contributed by atoms with Crippen molar-refractivity contribution in [2.45, 2.75) is 26.7 Å². The molecular weight excluding hydrogens is 192 g/mol. The zero-order chi connectivity index (χ0) is 10.8. The highest BCUT2D eigenvalue weighted by Crippen LogP contribution is 2.30. The Hall–Kier alpha value is -1.58. The van der Waals surface area contributed by atoms with Crippen LogP contribution in [0.25, 0.3) is 0 Å². The van der Waals surface area contributed by atoms with Gasteiger partial charge in [0.2, 0.25) is 0 Å². The Morgan fingerprint density at radius 2 is 2.33 bits per heavy atom. The lowest BCUT2D eigenvalue weighted by Gasteiger charge is -1.99. The highest BCUT2D eigenvalue weighted by atomic mass is 16.3. The van der Waals surface area contributed by atoms with Gasteiger partial charge in [0, 0.05) is 5.71 Å². The van der Waals surface area contributed by atoms with Crippen LogP contribution in [0.1, 0.15) is 35.9 Å². The van der Waals surface area contributed by atoms with Crippen LogP contribution in [0.5, 0.6) is 0 Å². The third-order valence-electron chi connectivity index (χ3n) is 2.61. The van der Waals surface area contributed by atoms with Gasteiger partial charge >= 0.3 is 0 Å². The molecule has 0 spiro atoms. The summed E-state index contributed by atoms with van der Waals surface area (Å²) in [4.78, 5) is 11.6. The molecule has 15 heavy (non-hydrogen) atoms. The number of amides is 1. The molecule has 0 aliphatic heterocycles. The molecule has 2 rings (SSSR count). The molecule has 1 saturated carbocycles. The van der Waals surface area contributed by atoms with E-state index in [-0.39, 0.29) is 5.91 Å². The van der Waals surface area contributed by atoms with Crippen molar-refractivity contribution in [3.05, 3.63) is 23.7 Å². The molecule has 1 amide bonds. The van der Waals surface area contributed by atoms with E-state index in [4.69, 9.17) is 4.42 Å². The van der Waals surface area contributed by atoms with Crippen molar-refractivity contribution in [1.82, 2.24) is 5.43 Å². The Balaban J connectivity index is 1.98. The summed E-state index contributed by atoms with van der Waals surface area (Å²) in [5.41, 5.74) is 4.08. The van der Waals surface area contributed by atoms with Crippen LogP contribution in [0.15, 0.2) is 21.8 Å². The van der Waals surface area contributed by atoms with Crippen molar-refractivity contribution < 1.29 is 9.21 Å². The molecule has 1 heterocycles. The van der Waals surface area contributed by atoms with E-state index in [1.54, 1.807) is 13.0 Å². The maximum Gasteiger partial charge on any atom is 0.274 e. The largest absolute Gasteiger partial charge is 0.469 e. The SMILES string of the molecule is C/C(=N\NC(=O)c1ccoc1C)C1CC1. The number of hydrogen-bond donors (Lipinski definition) is 1. The van der Waals surface area contributed by atoms with Crippen molar-refractivity contribution in [2.75, 3.05) is 0 Å². The average Bonchev–Trinajstić information content (AvgIpc) is 2.98. The lowest BCUT2D eigenvalue weighted by atomic mass is 10.2. The Kier molecular flexibility index (Phi) is 2.58. The molecular formula is C11H14N2O2. The van der Waals surface area contributed by atoms with Crippen LogP contribution in [0.4, 0.5) is 0 Å². The van der Waals surface area contributed by atoms with Crippen LogP contribution >= 0.6 is 0 Å². The normalized spacial score (nSPS) is 16.5. The molecule has 0 aromatic carbocycles. The van der Waals surface area contributed by atoms with Gasteiger partial charge in [-0.25, -0.2) is 5.43 Å². The summed E-state index contributed by atoms with van der Waals surface area (Å²) in [6.07, 6.45) is 3.88. The maximum atomic E-state index is 11.6. The highest BCUT2D eigenvalue weighted by molar-refractivity contribution is 5.96. The van der Waals surface area contributed by atoms with Crippen LogP contribution in [-0.2, 0) is 0 Å². The minimum Gasteiger partial charge on any atom is -0.469 e. The first-order valence-electron chi connectivity index (χ1n) is 5.07. The Labute approximate surface area is 88.4 Å². The minimum atomic E-state index is -0.207. The smallest absolute Gasteiger partial charge is 0.274 e. The van der Waals surface area contributed by atoms with Crippen molar-refractivity contribution >= 4 is 11.6 Å². The summed E-state index contributed by atoms with van der Waals surface area (Å²) < 4.78 is 5.04. The average molecular weight is 206 g/mol. The van der Waals surface area contributed by atoms with E-state index in [2.05, 4.69) is 10.5 Å². The van der Waals surface area contributed by atoms with Gasteiger partial charge in [-0.1, -0.05) is 0 Å². The second-order valence-electron chi connectivity index (χ2n) is 3.86. The van der Waals surface area contributed by atoms with Gasteiger partial charge in [-0.2, -0.15) is 5.10 Å². The molecule has 0 radical (unpaired) electrons. The topological polar surface area (TPSA) is 54.6 Å². The van der Waals surface area contributed by atoms with Crippen LogP contribution in [0.3, 0.4) is 0 Å². The third-order valence-corrected chi connectivity index (χ3v) is 2.61. The van der Waals surface area contributed by atoms with Crippen molar-refractivity contribution in [3.8, 4) is 0 Å². The van der Waals surface area contributed by atoms with E-state index >= 15 is 0 Å². The van der Waals surface area contributed by atoms with E-state index in [1.807, 2.05) is 6.92 Å². The Morgan fingerprint density at radius 3 is 2.87 bits per heavy atom. The van der Waals surface area contributed by atoms with E-state index in [1.165, 1.54) is 19.1 Å². The molecule has 0 unspecified atom stereocenters. The first-order chi connectivity index (χ1) is 7.18. The zero-order valence-corrected chi connectivity index (χ0v) is 8.91. The molecule has 0 atom stereocenters. The Bertz CT molecular complexity index is 402. The summed E-state index contributed by atoms with van der Waals surface area (Å²) in [6.45, 7) is 3.70. The minimum absolute atomic E-state index is 0.207. The van der Waals surface area contributed by atoms with Gasteiger partial charge in [-0.15, -0.1) is 0 Å². The van der Waals surface area contributed by atoms with Crippen molar-refractivity contribution in [1.29, 1.82) is 0 Å². The summed E-state index contributed by atoms with van der Waals surface area (Å²) >= 11 is 0. The summed E-state index contributed by atoms with van der Waals surface area (Å²) in [7, 11) is 0. The molecule has 4 heteroatoms. The summed E-state index contributed by atoms with van der Waals surface area (Å²) in [5.74, 6) is 0.990. The number of nitrogens with one attached hydrogen (secondary N) is 1. The van der Waals surface area contributed by atoms with Gasteiger partial charge in [-0.05, 0) is 38.7 Å². The maximum absolute atomic E-state index is 11.6. The first kappa shape index (κ1) is 9.96.